The van der Waals surface area contributed by atoms with Gasteiger partial charge in [0.25, 0.3) is 0 Å². The van der Waals surface area contributed by atoms with Gasteiger partial charge in [0.1, 0.15) is 24.8 Å². The summed E-state index contributed by atoms with van der Waals surface area (Å²) >= 11 is 6.20. The highest BCUT2D eigenvalue weighted by molar-refractivity contribution is 6.50. The maximum absolute atomic E-state index is 13.9. The number of ether oxygens (including phenoxy) is 1. The van der Waals surface area contributed by atoms with Crippen molar-refractivity contribution in [2.75, 3.05) is 57.4 Å². The minimum atomic E-state index is -6.00. The Bertz CT molecular complexity index is 1740. The lowest BCUT2D eigenvalue weighted by molar-refractivity contribution is -0.548. The Balaban J connectivity index is 0.000000807. The highest BCUT2D eigenvalue weighted by Crippen LogP contribution is 2.30. The molecule has 2 saturated heterocycles. The van der Waals surface area contributed by atoms with Crippen molar-refractivity contribution >= 4 is 46.9 Å². The molecular formula is C34H32BClF6N4O. The summed E-state index contributed by atoms with van der Waals surface area (Å²) in [5.74, 6) is -0.521. The van der Waals surface area contributed by atoms with Crippen LogP contribution in [0.5, 0.6) is 0 Å². The molecule has 47 heavy (non-hydrogen) atoms. The normalized spacial score (nSPS) is 16.0. The number of fused-ring (bicyclic) bond motifs is 1. The van der Waals surface area contributed by atoms with E-state index >= 15 is 0 Å². The van der Waals surface area contributed by atoms with Crippen LogP contribution in [0.15, 0.2) is 97.2 Å². The molecule has 2 fully saturated rings. The van der Waals surface area contributed by atoms with Crippen molar-refractivity contribution in [3.8, 4) is 0 Å². The zero-order valence-corrected chi connectivity index (χ0v) is 26.1. The van der Waals surface area contributed by atoms with Crippen molar-refractivity contribution in [1.29, 1.82) is 0 Å². The quantitative estimate of drug-likeness (QED) is 0.0909. The van der Waals surface area contributed by atoms with E-state index < -0.39 is 7.25 Å². The third-order valence-electron chi connectivity index (χ3n) is 7.78. The molecule has 0 radical (unpaired) electrons. The Morgan fingerprint density at radius 2 is 1.40 bits per heavy atom. The van der Waals surface area contributed by atoms with E-state index in [1.54, 1.807) is 0 Å². The van der Waals surface area contributed by atoms with Crippen LogP contribution in [0.3, 0.4) is 0 Å². The fraction of sp³-hybridized carbons (Fsp3) is 0.235. The maximum atomic E-state index is 13.9. The van der Waals surface area contributed by atoms with E-state index in [0.29, 0.717) is 18.2 Å². The second-order valence-corrected chi connectivity index (χ2v) is 11.3. The lowest BCUT2D eigenvalue weighted by atomic mass is 10.1. The van der Waals surface area contributed by atoms with Gasteiger partial charge in [-0.3, -0.25) is 4.98 Å². The van der Waals surface area contributed by atoms with Crippen LogP contribution in [-0.2, 0) is 4.74 Å². The first kappa shape index (κ1) is 34.1. The largest absolute Gasteiger partial charge is 0.673 e. The van der Waals surface area contributed by atoms with Crippen LogP contribution in [-0.4, -0.2) is 79.9 Å². The Labute approximate surface area is 274 Å². The first-order valence-corrected chi connectivity index (χ1v) is 15.4. The van der Waals surface area contributed by atoms with Crippen LogP contribution >= 0.6 is 11.6 Å². The molecule has 3 aromatic carbocycles. The van der Waals surface area contributed by atoms with E-state index in [1.165, 1.54) is 24.3 Å². The van der Waals surface area contributed by atoms with Gasteiger partial charge in [-0.15, -0.1) is 0 Å². The van der Waals surface area contributed by atoms with E-state index in [4.69, 9.17) is 16.3 Å². The lowest BCUT2D eigenvalue weighted by Gasteiger charge is -2.39. The zero-order valence-electron chi connectivity index (χ0n) is 25.3. The lowest BCUT2D eigenvalue weighted by Crippen LogP contribution is -2.45. The van der Waals surface area contributed by atoms with Gasteiger partial charge in [0.15, 0.2) is 13.1 Å². The van der Waals surface area contributed by atoms with Crippen molar-refractivity contribution in [3.63, 3.8) is 0 Å². The molecule has 2 aliphatic heterocycles. The van der Waals surface area contributed by atoms with Crippen molar-refractivity contribution in [3.05, 3.63) is 125 Å². The fourth-order valence-electron chi connectivity index (χ4n) is 5.61. The van der Waals surface area contributed by atoms with Crippen molar-refractivity contribution in [2.45, 2.75) is 0 Å². The van der Waals surface area contributed by atoms with Gasteiger partial charge in [0.2, 0.25) is 5.71 Å². The predicted octanol–water partition coefficient (Wildman–Crippen LogP) is 7.72. The number of hydrogen-bond acceptors (Lipinski definition) is 4. The molecular weight excluding hydrogens is 641 g/mol. The van der Waals surface area contributed by atoms with Crippen molar-refractivity contribution < 1.29 is 35.4 Å². The van der Waals surface area contributed by atoms with Gasteiger partial charge < -0.3 is 31.8 Å². The summed E-state index contributed by atoms with van der Waals surface area (Å²) in [7, 11) is -6.00. The fourth-order valence-corrected chi connectivity index (χ4v) is 5.78. The number of nitrogens with zero attached hydrogens (tertiary/aromatic N) is 4. The number of pyridine rings is 1. The second-order valence-electron chi connectivity index (χ2n) is 10.9. The molecule has 3 heterocycles. The van der Waals surface area contributed by atoms with E-state index in [1.807, 2.05) is 54.7 Å². The minimum absolute atomic E-state index is 0.259. The molecule has 6 rings (SSSR count). The Morgan fingerprint density at radius 3 is 2.02 bits per heavy atom. The molecule has 2 aliphatic rings. The molecule has 13 heteroatoms. The highest BCUT2D eigenvalue weighted by Gasteiger charge is 2.23. The minimum Gasteiger partial charge on any atom is -0.418 e. The standard InChI is InChI=1S/C34H32ClF2N4O.BF4/c35-27-8-13-30-31(24-27)38-15-14-34(30)40-18-16-39(17-19-40)32(25-4-9-28(36)10-5-25)2-1-3-33(41-20-22-42-23-21-41)26-6-11-29(37)12-7-26;2-1(3,4)5/h1-15,24H,16-23H2;/q+1;-1. The number of morpholine rings is 1. The number of aromatic nitrogens is 1. The van der Waals surface area contributed by atoms with Gasteiger partial charge in [0, 0.05) is 65.8 Å². The van der Waals surface area contributed by atoms with Gasteiger partial charge in [-0.1, -0.05) is 17.7 Å². The number of piperazine rings is 1. The smallest absolute Gasteiger partial charge is 0.418 e. The summed E-state index contributed by atoms with van der Waals surface area (Å²) in [6, 6.07) is 21.1. The first-order valence-electron chi connectivity index (χ1n) is 15.1. The molecule has 0 N–H and O–H groups in total. The predicted molar refractivity (Wildman–Crippen MR) is 176 cm³/mol. The molecule has 0 aliphatic carbocycles. The number of hydrogen-bond donors (Lipinski definition) is 0. The zero-order chi connectivity index (χ0) is 33.4. The van der Waals surface area contributed by atoms with Crippen LogP contribution in [0.2, 0.25) is 5.02 Å². The maximum Gasteiger partial charge on any atom is 0.673 e. The number of rotatable bonds is 6. The van der Waals surface area contributed by atoms with Crippen LogP contribution in [0.1, 0.15) is 11.1 Å². The number of anilines is 1. The summed E-state index contributed by atoms with van der Waals surface area (Å²) < 4.78 is 74.4. The molecule has 0 spiro atoms. The first-order chi connectivity index (χ1) is 22.5. The number of halogens is 7. The molecule has 5 nitrogen and oxygen atoms in total. The monoisotopic (exact) mass is 672 g/mol. The van der Waals surface area contributed by atoms with Gasteiger partial charge in [-0.25, -0.2) is 13.4 Å². The van der Waals surface area contributed by atoms with E-state index in [9.17, 15) is 26.0 Å². The highest BCUT2D eigenvalue weighted by atomic mass is 35.5. The van der Waals surface area contributed by atoms with E-state index in [-0.39, 0.29) is 11.6 Å². The molecule has 4 aromatic rings. The molecule has 0 saturated carbocycles. The second kappa shape index (κ2) is 15.5. The third-order valence-corrected chi connectivity index (χ3v) is 8.02. The SMILES string of the molecule is F[B-](F)(F)F.Fc1ccc(C(/C=C/C=C(\c2ccc(F)cc2)N2CCN(c3ccnc4cc(Cl)ccc34)CC2)=[N+]2CCOCC2)cc1. The van der Waals surface area contributed by atoms with Crippen molar-refractivity contribution in [1.82, 2.24) is 9.88 Å². The summed E-state index contributed by atoms with van der Waals surface area (Å²) in [4.78, 5) is 9.22. The average Bonchev–Trinajstić information content (AvgIpc) is 3.05. The van der Waals surface area contributed by atoms with Crippen molar-refractivity contribution in [2.24, 2.45) is 0 Å². The van der Waals surface area contributed by atoms with Crippen LogP contribution in [0.25, 0.3) is 16.6 Å². The molecule has 1 aromatic heterocycles. The summed E-state index contributed by atoms with van der Waals surface area (Å²) in [5.41, 5.74) is 5.97. The summed E-state index contributed by atoms with van der Waals surface area (Å²) in [6.07, 6.45) is 8.04. The average molecular weight is 673 g/mol. The van der Waals surface area contributed by atoms with Gasteiger partial charge in [-0.05, 0) is 84.4 Å². The van der Waals surface area contributed by atoms with Gasteiger partial charge in [0.05, 0.1) is 5.52 Å². The molecule has 0 unspecified atom stereocenters. The summed E-state index contributed by atoms with van der Waals surface area (Å²) in [5, 5.41) is 1.76. The third kappa shape index (κ3) is 9.62. The number of allylic oxidation sites excluding steroid dienone is 3. The van der Waals surface area contributed by atoms with E-state index in [0.717, 1.165) is 78.4 Å². The van der Waals surface area contributed by atoms with E-state index in [2.05, 4.69) is 37.6 Å². The topological polar surface area (TPSA) is 31.6 Å². The van der Waals surface area contributed by atoms with Crippen LogP contribution in [0.4, 0.5) is 31.7 Å². The van der Waals surface area contributed by atoms with Crippen LogP contribution < -0.4 is 4.90 Å². The Kier molecular flexibility index (Phi) is 11.3. The molecule has 0 bridgehead atoms. The Morgan fingerprint density at radius 1 is 0.809 bits per heavy atom. The molecule has 0 amide bonds. The summed E-state index contributed by atoms with van der Waals surface area (Å²) in [6.45, 7) is 6.08. The van der Waals surface area contributed by atoms with Gasteiger partial charge >= 0.3 is 7.25 Å². The Hall–Kier alpha value is -4.29. The van der Waals surface area contributed by atoms with Crippen LogP contribution in [0, 0.1) is 11.6 Å². The number of benzene rings is 3. The molecule has 0 atom stereocenters. The van der Waals surface area contributed by atoms with Gasteiger partial charge in [-0.2, -0.15) is 0 Å². The molecule has 246 valence electrons.